The van der Waals surface area contributed by atoms with E-state index in [4.69, 9.17) is 9.63 Å². The topological polar surface area (TPSA) is 83.6 Å². The molecule has 0 atom stereocenters. The maximum atomic E-state index is 12.2. The summed E-state index contributed by atoms with van der Waals surface area (Å²) in [5.74, 6) is -0.476. The lowest BCUT2D eigenvalue weighted by molar-refractivity contribution is -0.139. The van der Waals surface area contributed by atoms with E-state index in [0.717, 1.165) is 5.56 Å². The molecule has 0 bridgehead atoms. The fraction of sp³-hybridized carbons (Fsp3) is 0.267. The molecule has 1 N–H and O–H groups in total. The summed E-state index contributed by atoms with van der Waals surface area (Å²) < 4.78 is 5.19. The van der Waals surface area contributed by atoms with Gasteiger partial charge in [-0.1, -0.05) is 35.5 Å². The van der Waals surface area contributed by atoms with Gasteiger partial charge in [0.2, 0.25) is 0 Å². The van der Waals surface area contributed by atoms with Crippen LogP contribution in [-0.4, -0.2) is 40.1 Å². The smallest absolute Gasteiger partial charge is 0.303 e. The van der Waals surface area contributed by atoms with Crippen LogP contribution in [0, 0.1) is 5.92 Å². The fourth-order valence-electron chi connectivity index (χ4n) is 2.39. The van der Waals surface area contributed by atoms with Crippen LogP contribution in [0.1, 0.15) is 16.9 Å². The zero-order valence-corrected chi connectivity index (χ0v) is 11.2. The van der Waals surface area contributed by atoms with Gasteiger partial charge in [-0.15, -0.1) is 0 Å². The van der Waals surface area contributed by atoms with Crippen molar-refractivity contribution in [1.82, 2.24) is 10.1 Å². The molecule has 2 aromatic rings. The highest BCUT2D eigenvalue weighted by atomic mass is 16.5. The molecule has 1 aliphatic heterocycles. The minimum atomic E-state index is -0.833. The van der Waals surface area contributed by atoms with E-state index in [1.54, 1.807) is 11.0 Å². The molecule has 1 aliphatic rings. The molecule has 1 fully saturated rings. The number of aromatic nitrogens is 1. The first-order valence-corrected chi connectivity index (χ1v) is 6.66. The standard InChI is InChI=1S/C15H14N2O4/c18-14(19)6-10-8-17(9-10)15(20)12-7-13(21-16-12)11-4-2-1-3-5-11/h1-5,7,10H,6,8-9H2,(H,18,19). The predicted molar refractivity (Wildman–Crippen MR) is 73.6 cm³/mol. The van der Waals surface area contributed by atoms with E-state index in [2.05, 4.69) is 5.16 Å². The first kappa shape index (κ1) is 13.4. The lowest BCUT2D eigenvalue weighted by Gasteiger charge is -2.37. The Balaban J connectivity index is 1.65. The van der Waals surface area contributed by atoms with Crippen LogP contribution in [-0.2, 0) is 4.79 Å². The predicted octanol–water partition coefficient (Wildman–Crippen LogP) is 1.89. The monoisotopic (exact) mass is 286 g/mol. The van der Waals surface area contributed by atoms with Crippen LogP contribution in [0.15, 0.2) is 40.9 Å². The van der Waals surface area contributed by atoms with Crippen molar-refractivity contribution in [2.75, 3.05) is 13.1 Å². The summed E-state index contributed by atoms with van der Waals surface area (Å²) in [5, 5.41) is 12.5. The van der Waals surface area contributed by atoms with Gasteiger partial charge in [0, 0.05) is 30.6 Å². The summed E-state index contributed by atoms with van der Waals surface area (Å²) in [5.41, 5.74) is 1.11. The van der Waals surface area contributed by atoms with Crippen molar-refractivity contribution < 1.29 is 19.2 Å². The summed E-state index contributed by atoms with van der Waals surface area (Å²) in [4.78, 5) is 24.3. The number of hydrogen-bond donors (Lipinski definition) is 1. The second-order valence-corrected chi connectivity index (χ2v) is 5.12. The van der Waals surface area contributed by atoms with E-state index in [1.165, 1.54) is 0 Å². The van der Waals surface area contributed by atoms with Gasteiger partial charge in [-0.05, 0) is 0 Å². The number of hydrogen-bond acceptors (Lipinski definition) is 4. The summed E-state index contributed by atoms with van der Waals surface area (Å²) in [7, 11) is 0. The molecular weight excluding hydrogens is 272 g/mol. The van der Waals surface area contributed by atoms with Gasteiger partial charge in [-0.25, -0.2) is 0 Å². The van der Waals surface area contributed by atoms with Crippen LogP contribution in [0.4, 0.5) is 0 Å². The first-order valence-electron chi connectivity index (χ1n) is 6.66. The Morgan fingerprint density at radius 1 is 1.29 bits per heavy atom. The minimum Gasteiger partial charge on any atom is -0.481 e. The van der Waals surface area contributed by atoms with E-state index in [-0.39, 0.29) is 23.9 Å². The number of carbonyl (C=O) groups excluding carboxylic acids is 1. The Kier molecular flexibility index (Phi) is 3.43. The number of nitrogens with zero attached hydrogens (tertiary/aromatic N) is 2. The Hall–Kier alpha value is -2.63. The van der Waals surface area contributed by atoms with Crippen molar-refractivity contribution >= 4 is 11.9 Å². The van der Waals surface area contributed by atoms with Crippen molar-refractivity contribution in [1.29, 1.82) is 0 Å². The van der Waals surface area contributed by atoms with Gasteiger partial charge in [0.15, 0.2) is 11.5 Å². The molecule has 21 heavy (non-hydrogen) atoms. The number of carboxylic acids is 1. The second kappa shape index (κ2) is 5.40. The number of rotatable bonds is 4. The van der Waals surface area contributed by atoms with Crippen LogP contribution in [0.2, 0.25) is 0 Å². The fourth-order valence-corrected chi connectivity index (χ4v) is 2.39. The number of carboxylic acid groups (broad SMARTS) is 1. The third-order valence-electron chi connectivity index (χ3n) is 3.50. The lowest BCUT2D eigenvalue weighted by Crippen LogP contribution is -2.50. The molecule has 1 aromatic carbocycles. The molecule has 1 amide bonds. The Labute approximate surface area is 121 Å². The minimum absolute atomic E-state index is 0.0342. The van der Waals surface area contributed by atoms with Crippen LogP contribution < -0.4 is 0 Å². The quantitative estimate of drug-likeness (QED) is 0.927. The average molecular weight is 286 g/mol. The van der Waals surface area contributed by atoms with Crippen molar-refractivity contribution in [2.24, 2.45) is 5.92 Å². The molecule has 6 heteroatoms. The van der Waals surface area contributed by atoms with Gasteiger partial charge >= 0.3 is 5.97 Å². The van der Waals surface area contributed by atoms with E-state index < -0.39 is 5.97 Å². The molecule has 6 nitrogen and oxygen atoms in total. The molecule has 1 aromatic heterocycles. The van der Waals surface area contributed by atoms with E-state index in [9.17, 15) is 9.59 Å². The third kappa shape index (κ3) is 2.79. The number of amides is 1. The number of benzene rings is 1. The Morgan fingerprint density at radius 2 is 2.00 bits per heavy atom. The molecule has 0 saturated carbocycles. The largest absolute Gasteiger partial charge is 0.481 e. The lowest BCUT2D eigenvalue weighted by atomic mass is 9.96. The third-order valence-corrected chi connectivity index (χ3v) is 3.50. The zero-order valence-electron chi connectivity index (χ0n) is 11.2. The van der Waals surface area contributed by atoms with Gasteiger partial charge < -0.3 is 14.5 Å². The highest BCUT2D eigenvalue weighted by Gasteiger charge is 2.33. The molecule has 0 unspecified atom stereocenters. The molecule has 0 spiro atoms. The summed E-state index contributed by atoms with van der Waals surface area (Å²) in [6.45, 7) is 0.914. The highest BCUT2D eigenvalue weighted by molar-refractivity contribution is 5.93. The van der Waals surface area contributed by atoms with E-state index in [1.807, 2.05) is 30.3 Å². The average Bonchev–Trinajstić information content (AvgIpc) is 2.92. The molecular formula is C15H14N2O4. The number of aliphatic carboxylic acids is 1. The van der Waals surface area contributed by atoms with E-state index in [0.29, 0.717) is 18.8 Å². The summed E-state index contributed by atoms with van der Waals surface area (Å²) >= 11 is 0. The van der Waals surface area contributed by atoms with Crippen LogP contribution in [0.25, 0.3) is 11.3 Å². The number of carbonyl (C=O) groups is 2. The normalized spacial score (nSPS) is 14.8. The first-order chi connectivity index (χ1) is 10.1. The molecule has 2 heterocycles. The van der Waals surface area contributed by atoms with Gasteiger partial charge in [-0.3, -0.25) is 9.59 Å². The Morgan fingerprint density at radius 3 is 2.67 bits per heavy atom. The van der Waals surface area contributed by atoms with Crippen LogP contribution in [0.5, 0.6) is 0 Å². The highest BCUT2D eigenvalue weighted by Crippen LogP contribution is 2.24. The number of likely N-dealkylation sites (tertiary alicyclic amines) is 1. The van der Waals surface area contributed by atoms with Crippen LogP contribution in [0.3, 0.4) is 0 Å². The summed E-state index contributed by atoms with van der Waals surface area (Å²) in [6.07, 6.45) is 0.0951. The molecule has 0 radical (unpaired) electrons. The summed E-state index contributed by atoms with van der Waals surface area (Å²) in [6, 6.07) is 11.0. The maximum absolute atomic E-state index is 12.2. The molecule has 0 aliphatic carbocycles. The van der Waals surface area contributed by atoms with E-state index >= 15 is 0 Å². The van der Waals surface area contributed by atoms with Crippen molar-refractivity contribution in [3.8, 4) is 11.3 Å². The zero-order chi connectivity index (χ0) is 14.8. The van der Waals surface area contributed by atoms with Crippen molar-refractivity contribution in [2.45, 2.75) is 6.42 Å². The van der Waals surface area contributed by atoms with Gasteiger partial charge in [0.05, 0.1) is 6.42 Å². The van der Waals surface area contributed by atoms with Gasteiger partial charge in [0.1, 0.15) is 0 Å². The second-order valence-electron chi connectivity index (χ2n) is 5.12. The van der Waals surface area contributed by atoms with Crippen molar-refractivity contribution in [3.05, 3.63) is 42.1 Å². The van der Waals surface area contributed by atoms with Gasteiger partial charge in [-0.2, -0.15) is 0 Å². The Bertz CT molecular complexity index is 659. The molecule has 3 rings (SSSR count). The SMILES string of the molecule is O=C(O)CC1CN(C(=O)c2cc(-c3ccccc3)on2)C1. The van der Waals surface area contributed by atoms with Gasteiger partial charge in [0.25, 0.3) is 5.91 Å². The molecule has 1 saturated heterocycles. The van der Waals surface area contributed by atoms with Crippen LogP contribution >= 0.6 is 0 Å². The molecule has 108 valence electrons. The van der Waals surface area contributed by atoms with Crippen molar-refractivity contribution in [3.63, 3.8) is 0 Å². The maximum Gasteiger partial charge on any atom is 0.303 e.